The summed E-state index contributed by atoms with van der Waals surface area (Å²) >= 11 is 1.28. The topological polar surface area (TPSA) is 98.0 Å². The van der Waals surface area contributed by atoms with Gasteiger partial charge in [0.1, 0.15) is 10.6 Å². The highest BCUT2D eigenvalue weighted by atomic mass is 32.1. The second-order valence-electron chi connectivity index (χ2n) is 5.57. The number of anilines is 1. The summed E-state index contributed by atoms with van der Waals surface area (Å²) in [4.78, 5) is 22.7. The maximum atomic E-state index is 12.3. The van der Waals surface area contributed by atoms with Gasteiger partial charge in [0.25, 0.3) is 11.6 Å². The van der Waals surface area contributed by atoms with Crippen molar-refractivity contribution in [3.8, 4) is 0 Å². The van der Waals surface area contributed by atoms with E-state index in [1.54, 1.807) is 6.07 Å². The van der Waals surface area contributed by atoms with Gasteiger partial charge in [0.05, 0.1) is 4.92 Å². The van der Waals surface area contributed by atoms with Crippen molar-refractivity contribution in [3.63, 3.8) is 0 Å². The largest absolute Gasteiger partial charge is 0.296 e. The lowest BCUT2D eigenvalue weighted by molar-refractivity contribution is -0.385. The number of hydrogen-bond donors (Lipinski definition) is 1. The molecule has 0 saturated carbocycles. The summed E-state index contributed by atoms with van der Waals surface area (Å²) in [5.74, 6) is -0.565. The third kappa shape index (κ3) is 4.48. The highest BCUT2D eigenvalue weighted by Gasteiger charge is 2.20. The summed E-state index contributed by atoms with van der Waals surface area (Å²) in [5, 5.41) is 22.8. The van der Waals surface area contributed by atoms with Crippen LogP contribution in [0.2, 0.25) is 0 Å². The number of carbonyl (C=O) groups excluding carboxylic acids is 1. The van der Waals surface area contributed by atoms with Crippen LogP contribution in [0.4, 0.5) is 10.8 Å². The van der Waals surface area contributed by atoms with Crippen LogP contribution in [0, 0.1) is 10.1 Å². The van der Waals surface area contributed by atoms with E-state index in [2.05, 4.69) is 27.6 Å². The van der Waals surface area contributed by atoms with Gasteiger partial charge in [-0.25, -0.2) is 0 Å². The normalized spacial score (nSPS) is 10.5. The Bertz CT molecular complexity index is 912. The van der Waals surface area contributed by atoms with E-state index in [-0.39, 0.29) is 11.3 Å². The van der Waals surface area contributed by atoms with Gasteiger partial charge in [-0.2, -0.15) is 0 Å². The monoisotopic (exact) mass is 368 g/mol. The molecule has 7 nitrogen and oxygen atoms in total. The number of hydrogen-bond acceptors (Lipinski definition) is 6. The van der Waals surface area contributed by atoms with Crippen molar-refractivity contribution in [2.75, 3.05) is 5.32 Å². The second kappa shape index (κ2) is 8.30. The second-order valence-corrected chi connectivity index (χ2v) is 6.63. The van der Waals surface area contributed by atoms with Crippen LogP contribution in [-0.4, -0.2) is 21.0 Å². The van der Waals surface area contributed by atoms with Crippen molar-refractivity contribution in [2.45, 2.75) is 19.3 Å². The van der Waals surface area contributed by atoms with E-state index in [0.29, 0.717) is 5.13 Å². The maximum Gasteiger partial charge on any atom is 0.282 e. The molecule has 2 aromatic carbocycles. The molecule has 0 aliphatic heterocycles. The fourth-order valence-corrected chi connectivity index (χ4v) is 3.26. The number of nitrogens with zero attached hydrogens (tertiary/aromatic N) is 3. The van der Waals surface area contributed by atoms with Crippen LogP contribution >= 0.6 is 11.3 Å². The predicted molar refractivity (Wildman–Crippen MR) is 99.4 cm³/mol. The van der Waals surface area contributed by atoms with Gasteiger partial charge in [-0.1, -0.05) is 53.8 Å². The van der Waals surface area contributed by atoms with Gasteiger partial charge < -0.3 is 0 Å². The Labute approximate surface area is 153 Å². The molecule has 0 atom stereocenters. The van der Waals surface area contributed by atoms with E-state index in [1.807, 2.05) is 18.2 Å². The zero-order chi connectivity index (χ0) is 18.4. The number of amides is 1. The Kier molecular flexibility index (Phi) is 5.65. The Morgan fingerprint density at radius 1 is 1.04 bits per heavy atom. The molecule has 132 valence electrons. The Balaban J connectivity index is 1.58. The van der Waals surface area contributed by atoms with Crippen LogP contribution in [-0.2, 0) is 12.8 Å². The lowest BCUT2D eigenvalue weighted by atomic mass is 10.1. The smallest absolute Gasteiger partial charge is 0.282 e. The number of para-hydroxylation sites is 1. The van der Waals surface area contributed by atoms with E-state index in [1.165, 1.54) is 35.1 Å². The van der Waals surface area contributed by atoms with Gasteiger partial charge >= 0.3 is 0 Å². The van der Waals surface area contributed by atoms with Crippen LogP contribution in [0.15, 0.2) is 54.6 Å². The maximum absolute atomic E-state index is 12.3. The third-order valence-electron chi connectivity index (χ3n) is 3.73. The van der Waals surface area contributed by atoms with E-state index in [4.69, 9.17) is 0 Å². The first kappa shape index (κ1) is 17.7. The minimum atomic E-state index is -0.579. The summed E-state index contributed by atoms with van der Waals surface area (Å²) in [7, 11) is 0. The first-order valence-electron chi connectivity index (χ1n) is 8.04. The van der Waals surface area contributed by atoms with Crippen molar-refractivity contribution in [2.24, 2.45) is 0 Å². The minimum absolute atomic E-state index is 0.00155. The SMILES string of the molecule is O=C(Nc1nnc(CCCc2ccccc2)s1)c1ccccc1[N+](=O)[O-]. The lowest BCUT2D eigenvalue weighted by Gasteiger charge is -2.02. The minimum Gasteiger partial charge on any atom is -0.296 e. The molecular weight excluding hydrogens is 352 g/mol. The first-order valence-corrected chi connectivity index (χ1v) is 8.86. The Hall–Kier alpha value is -3.13. The summed E-state index contributed by atoms with van der Waals surface area (Å²) in [6.45, 7) is 0. The zero-order valence-electron chi connectivity index (χ0n) is 13.8. The summed E-state index contributed by atoms with van der Waals surface area (Å²) < 4.78 is 0. The number of benzene rings is 2. The number of aryl methyl sites for hydroxylation is 2. The number of nitro benzene ring substituents is 1. The summed E-state index contributed by atoms with van der Waals surface area (Å²) in [6.07, 6.45) is 2.63. The molecule has 26 heavy (non-hydrogen) atoms. The van der Waals surface area contributed by atoms with Crippen LogP contribution in [0.5, 0.6) is 0 Å². The van der Waals surface area contributed by atoms with E-state index in [0.717, 1.165) is 24.3 Å². The van der Waals surface area contributed by atoms with Crippen LogP contribution in [0.1, 0.15) is 27.3 Å². The number of aromatic nitrogens is 2. The number of carbonyl (C=O) groups is 1. The molecule has 3 aromatic rings. The van der Waals surface area contributed by atoms with Gasteiger partial charge in [-0.15, -0.1) is 10.2 Å². The van der Waals surface area contributed by atoms with Crippen LogP contribution in [0.25, 0.3) is 0 Å². The van der Waals surface area contributed by atoms with E-state index in [9.17, 15) is 14.9 Å². The average molecular weight is 368 g/mol. The molecule has 1 N–H and O–H groups in total. The van der Waals surface area contributed by atoms with Crippen molar-refractivity contribution < 1.29 is 9.72 Å². The predicted octanol–water partition coefficient (Wildman–Crippen LogP) is 3.87. The quantitative estimate of drug-likeness (QED) is 0.504. The van der Waals surface area contributed by atoms with Gasteiger partial charge in [0.2, 0.25) is 5.13 Å². The van der Waals surface area contributed by atoms with Crippen molar-refractivity contribution >= 4 is 28.1 Å². The molecule has 1 aromatic heterocycles. The standard InChI is InChI=1S/C18H16N4O3S/c23-17(14-10-4-5-11-15(14)22(24)25)19-18-21-20-16(26-18)12-6-9-13-7-2-1-3-8-13/h1-5,7-8,10-11H,6,9,12H2,(H,19,21,23). The molecular formula is C18H16N4O3S. The van der Waals surface area contributed by atoms with E-state index >= 15 is 0 Å². The molecule has 0 aliphatic carbocycles. The summed E-state index contributed by atoms with van der Waals surface area (Å²) in [5.41, 5.74) is 1.03. The molecule has 8 heteroatoms. The van der Waals surface area contributed by atoms with Gasteiger partial charge in [-0.3, -0.25) is 20.2 Å². The van der Waals surface area contributed by atoms with E-state index < -0.39 is 10.8 Å². The molecule has 0 spiro atoms. The van der Waals surface area contributed by atoms with Crippen molar-refractivity contribution in [3.05, 3.63) is 80.8 Å². The molecule has 0 fully saturated rings. The van der Waals surface area contributed by atoms with Gasteiger partial charge in [0, 0.05) is 12.5 Å². The molecule has 0 aliphatic rings. The molecule has 0 saturated heterocycles. The van der Waals surface area contributed by atoms with Crippen LogP contribution < -0.4 is 5.32 Å². The molecule has 3 rings (SSSR count). The average Bonchev–Trinajstić information content (AvgIpc) is 3.09. The number of rotatable bonds is 7. The molecule has 1 amide bonds. The molecule has 0 bridgehead atoms. The molecule has 1 heterocycles. The third-order valence-corrected chi connectivity index (χ3v) is 4.63. The van der Waals surface area contributed by atoms with Crippen LogP contribution in [0.3, 0.4) is 0 Å². The lowest BCUT2D eigenvalue weighted by Crippen LogP contribution is -2.13. The Morgan fingerprint density at radius 3 is 2.54 bits per heavy atom. The van der Waals surface area contributed by atoms with Crippen molar-refractivity contribution in [1.82, 2.24) is 10.2 Å². The highest BCUT2D eigenvalue weighted by molar-refractivity contribution is 7.15. The molecule has 0 unspecified atom stereocenters. The Morgan fingerprint density at radius 2 is 1.77 bits per heavy atom. The summed E-state index contributed by atoms with van der Waals surface area (Å²) in [6, 6.07) is 16.0. The molecule has 0 radical (unpaired) electrons. The van der Waals surface area contributed by atoms with Gasteiger partial charge in [-0.05, 0) is 24.5 Å². The first-order chi connectivity index (χ1) is 12.6. The highest BCUT2D eigenvalue weighted by Crippen LogP contribution is 2.22. The zero-order valence-corrected chi connectivity index (χ0v) is 14.6. The number of nitrogens with one attached hydrogen (secondary N) is 1. The number of nitro groups is 1. The van der Waals surface area contributed by atoms with Crippen molar-refractivity contribution in [1.29, 1.82) is 0 Å². The fraction of sp³-hybridized carbons (Fsp3) is 0.167. The fourth-order valence-electron chi connectivity index (χ4n) is 2.48. The van der Waals surface area contributed by atoms with Gasteiger partial charge in [0.15, 0.2) is 0 Å².